The molecule has 16 nitrogen and oxygen atoms in total. The van der Waals surface area contributed by atoms with E-state index in [2.05, 4.69) is 30.9 Å². The van der Waals surface area contributed by atoms with Crippen molar-refractivity contribution in [1.29, 1.82) is 0 Å². The molecule has 0 bridgehead atoms. The quantitative estimate of drug-likeness (QED) is 0.0545. The molecule has 4 atom stereocenters. The van der Waals surface area contributed by atoms with E-state index >= 15 is 0 Å². The van der Waals surface area contributed by atoms with Crippen LogP contribution in [0.1, 0.15) is 30.5 Å². The van der Waals surface area contributed by atoms with Crippen molar-refractivity contribution < 1.29 is 34.2 Å². The van der Waals surface area contributed by atoms with Gasteiger partial charge in [-0.05, 0) is 18.4 Å². The summed E-state index contributed by atoms with van der Waals surface area (Å²) in [6.07, 6.45) is 2.30. The summed E-state index contributed by atoms with van der Waals surface area (Å²) in [7, 11) is 0. The molecule has 1 heterocycles. The Labute approximate surface area is 235 Å². The summed E-state index contributed by atoms with van der Waals surface area (Å²) in [5.74, 6) is -5.20. The molecule has 0 saturated heterocycles. The van der Waals surface area contributed by atoms with Crippen LogP contribution in [0.3, 0.4) is 0 Å². The number of nitrogens with two attached hydrogens (primary N) is 3. The van der Waals surface area contributed by atoms with Crippen LogP contribution < -0.4 is 33.2 Å². The smallest absolute Gasteiger partial charge is 0.326 e. The van der Waals surface area contributed by atoms with Crippen LogP contribution in [0.5, 0.6) is 0 Å². The van der Waals surface area contributed by atoms with Gasteiger partial charge in [0.25, 0.3) is 0 Å². The van der Waals surface area contributed by atoms with E-state index in [1.165, 1.54) is 12.5 Å². The second kappa shape index (κ2) is 16.2. The molecule has 3 amide bonds. The van der Waals surface area contributed by atoms with E-state index in [0.717, 1.165) is 0 Å². The van der Waals surface area contributed by atoms with E-state index in [9.17, 15) is 29.1 Å². The van der Waals surface area contributed by atoms with Crippen molar-refractivity contribution >= 4 is 35.6 Å². The minimum absolute atomic E-state index is 0.00187. The Hall–Kier alpha value is -4.99. The molecular formula is C25H35N9O7. The highest BCUT2D eigenvalue weighted by Gasteiger charge is 2.31. The fourth-order valence-corrected chi connectivity index (χ4v) is 3.75. The fraction of sp³-hybridized carbons (Fsp3) is 0.400. The first-order chi connectivity index (χ1) is 19.5. The number of aliphatic carboxylic acids is 2. The summed E-state index contributed by atoms with van der Waals surface area (Å²) >= 11 is 0. The molecule has 0 aliphatic rings. The standard InChI is InChI=1S/C25H35N9O7/c26-16(11-20(35)36)21(37)33-18(9-14-5-2-1-3-6-14)23(39)32-17(7-4-8-30-25(27)28)22(38)34-19(24(40)41)10-15-12-29-13-31-15/h1-3,5-6,12-13,16-19H,4,7-11,26H2,(H,29,31)(H,32,39)(H,33,37)(H,34,38)(H,35,36)(H,40,41)(H4,27,28,30). The number of imidazole rings is 1. The number of guanidine groups is 1. The number of amides is 3. The first-order valence-corrected chi connectivity index (χ1v) is 12.6. The Morgan fingerprint density at radius 2 is 1.54 bits per heavy atom. The van der Waals surface area contributed by atoms with Crippen molar-refractivity contribution in [2.75, 3.05) is 6.54 Å². The number of hydrogen-bond acceptors (Lipinski definition) is 8. The Balaban J connectivity index is 2.24. The Bertz CT molecular complexity index is 1200. The Morgan fingerprint density at radius 1 is 0.902 bits per heavy atom. The van der Waals surface area contributed by atoms with Gasteiger partial charge < -0.3 is 48.3 Å². The lowest BCUT2D eigenvalue weighted by molar-refractivity contribution is -0.142. The minimum atomic E-state index is -1.42. The predicted octanol–water partition coefficient (Wildman–Crippen LogP) is -2.41. The zero-order valence-corrected chi connectivity index (χ0v) is 22.2. The summed E-state index contributed by atoms with van der Waals surface area (Å²) in [5.41, 5.74) is 17.5. The van der Waals surface area contributed by atoms with E-state index in [-0.39, 0.29) is 38.2 Å². The van der Waals surface area contributed by atoms with Gasteiger partial charge in [-0.1, -0.05) is 30.3 Å². The highest BCUT2D eigenvalue weighted by atomic mass is 16.4. The molecule has 1 aromatic carbocycles. The van der Waals surface area contributed by atoms with E-state index in [4.69, 9.17) is 22.3 Å². The van der Waals surface area contributed by atoms with E-state index in [1.807, 2.05) is 0 Å². The molecule has 0 aliphatic heterocycles. The maximum Gasteiger partial charge on any atom is 0.326 e. The van der Waals surface area contributed by atoms with Gasteiger partial charge in [-0.2, -0.15) is 0 Å². The number of benzene rings is 1. The zero-order chi connectivity index (χ0) is 30.4. The molecule has 0 spiro atoms. The van der Waals surface area contributed by atoms with Crippen LogP contribution in [0, 0.1) is 0 Å². The topological polar surface area (TPSA) is 281 Å². The number of nitrogens with zero attached hydrogens (tertiary/aromatic N) is 2. The van der Waals surface area contributed by atoms with E-state index < -0.39 is 60.2 Å². The van der Waals surface area contributed by atoms with Gasteiger partial charge in [0.05, 0.1) is 18.8 Å². The Morgan fingerprint density at radius 3 is 2.12 bits per heavy atom. The number of rotatable bonds is 17. The minimum Gasteiger partial charge on any atom is -0.481 e. The van der Waals surface area contributed by atoms with Gasteiger partial charge in [0.1, 0.15) is 18.1 Å². The number of carbonyl (C=O) groups excluding carboxylic acids is 3. The number of carboxylic acid groups (broad SMARTS) is 2. The molecule has 0 saturated carbocycles. The largest absolute Gasteiger partial charge is 0.481 e. The number of carboxylic acids is 2. The maximum absolute atomic E-state index is 13.4. The van der Waals surface area contributed by atoms with Crippen molar-refractivity contribution in [3.8, 4) is 0 Å². The van der Waals surface area contributed by atoms with Crippen molar-refractivity contribution in [2.24, 2.45) is 22.2 Å². The molecule has 2 aromatic rings. The molecule has 0 fully saturated rings. The summed E-state index contributed by atoms with van der Waals surface area (Å²) < 4.78 is 0. The summed E-state index contributed by atoms with van der Waals surface area (Å²) in [4.78, 5) is 72.5. The number of nitrogens with one attached hydrogen (secondary N) is 4. The van der Waals surface area contributed by atoms with Crippen molar-refractivity contribution in [1.82, 2.24) is 25.9 Å². The second-order valence-electron chi connectivity index (χ2n) is 9.15. The fourth-order valence-electron chi connectivity index (χ4n) is 3.75. The number of hydrogen-bond donors (Lipinski definition) is 9. The average Bonchev–Trinajstić information content (AvgIpc) is 3.42. The van der Waals surface area contributed by atoms with Crippen LogP contribution in [0.15, 0.2) is 47.8 Å². The number of aliphatic imine (C=N–C) groups is 1. The summed E-state index contributed by atoms with van der Waals surface area (Å²) in [6.45, 7) is 0.132. The lowest BCUT2D eigenvalue weighted by Gasteiger charge is -2.25. The molecule has 222 valence electrons. The third-order valence-electron chi connectivity index (χ3n) is 5.82. The zero-order valence-electron chi connectivity index (χ0n) is 22.2. The number of H-pyrrole nitrogens is 1. The van der Waals surface area contributed by atoms with Crippen LogP contribution >= 0.6 is 0 Å². The van der Waals surface area contributed by atoms with Gasteiger partial charge in [-0.25, -0.2) is 9.78 Å². The molecule has 0 aliphatic carbocycles. The summed E-state index contributed by atoms with van der Waals surface area (Å²) in [5, 5.41) is 26.0. The number of carbonyl (C=O) groups is 5. The van der Waals surface area contributed by atoms with E-state index in [0.29, 0.717) is 11.3 Å². The molecular weight excluding hydrogens is 538 g/mol. The van der Waals surface area contributed by atoms with Gasteiger partial charge in [-0.3, -0.25) is 24.2 Å². The molecule has 2 rings (SSSR count). The molecule has 0 radical (unpaired) electrons. The SMILES string of the molecule is NC(N)=NCCCC(NC(=O)C(Cc1ccccc1)NC(=O)C(N)CC(=O)O)C(=O)NC(Cc1cnc[nH]1)C(=O)O. The molecule has 41 heavy (non-hydrogen) atoms. The van der Waals surface area contributed by atoms with Gasteiger partial charge in [0.15, 0.2) is 5.96 Å². The van der Waals surface area contributed by atoms with Crippen LogP contribution in [-0.2, 0) is 36.8 Å². The molecule has 16 heteroatoms. The first kappa shape index (κ1) is 32.2. The predicted molar refractivity (Wildman–Crippen MR) is 146 cm³/mol. The van der Waals surface area contributed by atoms with Crippen LogP contribution in [-0.4, -0.2) is 86.5 Å². The van der Waals surface area contributed by atoms with Gasteiger partial charge in [0, 0.05) is 31.3 Å². The van der Waals surface area contributed by atoms with Crippen LogP contribution in [0.25, 0.3) is 0 Å². The highest BCUT2D eigenvalue weighted by Crippen LogP contribution is 2.08. The summed E-state index contributed by atoms with van der Waals surface area (Å²) in [6, 6.07) is 3.43. The first-order valence-electron chi connectivity index (χ1n) is 12.6. The average molecular weight is 574 g/mol. The van der Waals surface area contributed by atoms with Gasteiger partial charge in [0.2, 0.25) is 17.7 Å². The Kier molecular flexibility index (Phi) is 12.7. The third kappa shape index (κ3) is 11.7. The normalized spacial score (nSPS) is 13.6. The van der Waals surface area contributed by atoms with Crippen LogP contribution in [0.2, 0.25) is 0 Å². The molecule has 4 unspecified atom stereocenters. The maximum atomic E-state index is 13.4. The van der Waals surface area contributed by atoms with E-state index in [1.54, 1.807) is 30.3 Å². The van der Waals surface area contributed by atoms with Crippen molar-refractivity contribution in [2.45, 2.75) is 56.3 Å². The lowest BCUT2D eigenvalue weighted by atomic mass is 10.0. The number of aromatic nitrogens is 2. The molecule has 12 N–H and O–H groups in total. The molecule has 1 aromatic heterocycles. The van der Waals surface area contributed by atoms with Crippen molar-refractivity contribution in [3.05, 3.63) is 54.1 Å². The van der Waals surface area contributed by atoms with Gasteiger partial charge in [-0.15, -0.1) is 0 Å². The monoisotopic (exact) mass is 573 g/mol. The number of aromatic amines is 1. The van der Waals surface area contributed by atoms with Gasteiger partial charge >= 0.3 is 11.9 Å². The van der Waals surface area contributed by atoms with Crippen LogP contribution in [0.4, 0.5) is 0 Å². The third-order valence-corrected chi connectivity index (χ3v) is 5.82. The lowest BCUT2D eigenvalue weighted by Crippen LogP contribution is -2.58. The van der Waals surface area contributed by atoms with Crippen molar-refractivity contribution in [3.63, 3.8) is 0 Å². The second-order valence-corrected chi connectivity index (χ2v) is 9.15. The highest BCUT2D eigenvalue weighted by molar-refractivity contribution is 5.95.